The summed E-state index contributed by atoms with van der Waals surface area (Å²) in [6, 6.07) is 4.99. The Hall–Kier alpha value is -1.93. The predicted octanol–water partition coefficient (Wildman–Crippen LogP) is 2.13. The van der Waals surface area contributed by atoms with Crippen molar-refractivity contribution >= 4 is 15.7 Å². The lowest BCUT2D eigenvalue weighted by Crippen LogP contribution is -2.11. The van der Waals surface area contributed by atoms with Crippen molar-refractivity contribution < 1.29 is 21.6 Å². The Morgan fingerprint density at radius 2 is 1.95 bits per heavy atom. The summed E-state index contributed by atoms with van der Waals surface area (Å²) in [7, 11) is -3.93. The maximum Gasteiger partial charge on any atom is 0.271 e. The van der Waals surface area contributed by atoms with Gasteiger partial charge in [0.05, 0.1) is 6.54 Å². The van der Waals surface area contributed by atoms with E-state index in [0.717, 1.165) is 6.07 Å². The highest BCUT2D eigenvalue weighted by atomic mass is 32.2. The number of furan rings is 1. The molecule has 0 fully saturated rings. The number of sulfonamides is 1. The molecular formula is C12H12F2N2O3S. The van der Waals surface area contributed by atoms with Crippen LogP contribution >= 0.6 is 0 Å². The number of aryl methyl sites for hydroxylation is 1. The van der Waals surface area contributed by atoms with Crippen molar-refractivity contribution in [3.8, 4) is 0 Å². The molecule has 0 aliphatic carbocycles. The summed E-state index contributed by atoms with van der Waals surface area (Å²) in [5.41, 5.74) is -0.00266. The molecule has 0 atom stereocenters. The van der Waals surface area contributed by atoms with Crippen LogP contribution in [0.25, 0.3) is 0 Å². The molecule has 0 saturated heterocycles. The van der Waals surface area contributed by atoms with Gasteiger partial charge in [0.2, 0.25) is 5.09 Å². The van der Waals surface area contributed by atoms with Crippen molar-refractivity contribution in [2.75, 3.05) is 5.32 Å². The van der Waals surface area contributed by atoms with Crippen LogP contribution in [0.1, 0.15) is 11.3 Å². The number of hydrogen-bond acceptors (Lipinski definition) is 4. The number of hydrogen-bond donors (Lipinski definition) is 2. The monoisotopic (exact) mass is 302 g/mol. The lowest BCUT2D eigenvalue weighted by molar-refractivity contribution is 0.419. The zero-order valence-electron chi connectivity index (χ0n) is 10.5. The van der Waals surface area contributed by atoms with Crippen LogP contribution in [0.4, 0.5) is 14.5 Å². The Balaban J connectivity index is 2.18. The SMILES string of the molecule is Cc1ccc(F)c(NCc2ccc(S(N)(=O)=O)o2)c1F. The van der Waals surface area contributed by atoms with Crippen molar-refractivity contribution in [2.24, 2.45) is 5.14 Å². The number of halogens is 2. The van der Waals surface area contributed by atoms with Gasteiger partial charge < -0.3 is 9.73 Å². The van der Waals surface area contributed by atoms with Gasteiger partial charge >= 0.3 is 0 Å². The van der Waals surface area contributed by atoms with E-state index in [4.69, 9.17) is 9.56 Å². The summed E-state index contributed by atoms with van der Waals surface area (Å²) in [5.74, 6) is -1.26. The standard InChI is InChI=1S/C12H12F2N2O3S/c1-7-2-4-9(13)12(11(7)14)16-6-8-3-5-10(19-8)20(15,17)18/h2-5,16H,6H2,1H3,(H2,15,17,18). The zero-order valence-corrected chi connectivity index (χ0v) is 11.3. The van der Waals surface area contributed by atoms with E-state index in [1.807, 2.05) is 0 Å². The van der Waals surface area contributed by atoms with E-state index in [9.17, 15) is 17.2 Å². The molecule has 3 N–H and O–H groups in total. The fraction of sp³-hybridized carbons (Fsp3) is 0.167. The second kappa shape index (κ2) is 5.22. The zero-order chi connectivity index (χ0) is 14.9. The van der Waals surface area contributed by atoms with Gasteiger partial charge in [-0.3, -0.25) is 0 Å². The van der Waals surface area contributed by atoms with E-state index in [-0.39, 0.29) is 18.0 Å². The number of anilines is 1. The number of nitrogens with two attached hydrogens (primary N) is 1. The Morgan fingerprint density at radius 1 is 1.25 bits per heavy atom. The normalized spacial score (nSPS) is 11.6. The lowest BCUT2D eigenvalue weighted by atomic mass is 10.2. The Morgan fingerprint density at radius 3 is 2.55 bits per heavy atom. The van der Waals surface area contributed by atoms with Gasteiger partial charge in [-0.05, 0) is 30.7 Å². The van der Waals surface area contributed by atoms with Gasteiger partial charge in [-0.2, -0.15) is 0 Å². The summed E-state index contributed by atoms with van der Waals surface area (Å²) < 4.78 is 54.2. The molecule has 0 bridgehead atoms. The van der Waals surface area contributed by atoms with Crippen molar-refractivity contribution in [1.82, 2.24) is 0 Å². The van der Waals surface area contributed by atoms with Crippen LogP contribution in [0.15, 0.2) is 33.8 Å². The number of rotatable bonds is 4. The summed E-state index contributed by atoms with van der Waals surface area (Å²) in [6.45, 7) is 1.43. The number of primary sulfonamides is 1. The maximum absolute atomic E-state index is 13.7. The summed E-state index contributed by atoms with van der Waals surface area (Å²) in [6.07, 6.45) is 0. The highest BCUT2D eigenvalue weighted by molar-refractivity contribution is 7.89. The van der Waals surface area contributed by atoms with Crippen molar-refractivity contribution in [3.05, 3.63) is 47.2 Å². The molecule has 0 spiro atoms. The third kappa shape index (κ3) is 2.97. The second-order valence-electron chi connectivity index (χ2n) is 4.17. The summed E-state index contributed by atoms with van der Waals surface area (Å²) in [5, 5.41) is 7.00. The van der Waals surface area contributed by atoms with Crippen LogP contribution in [0, 0.1) is 18.6 Å². The third-order valence-electron chi connectivity index (χ3n) is 2.64. The first kappa shape index (κ1) is 14.5. The van der Waals surface area contributed by atoms with E-state index in [2.05, 4.69) is 5.32 Å². The van der Waals surface area contributed by atoms with Crippen LogP contribution in [0.2, 0.25) is 0 Å². The highest BCUT2D eigenvalue weighted by Crippen LogP contribution is 2.22. The lowest BCUT2D eigenvalue weighted by Gasteiger charge is -2.08. The van der Waals surface area contributed by atoms with Crippen LogP contribution < -0.4 is 10.5 Å². The minimum Gasteiger partial charge on any atom is -0.446 e. The largest absolute Gasteiger partial charge is 0.446 e. The molecular weight excluding hydrogens is 290 g/mol. The van der Waals surface area contributed by atoms with Gasteiger partial charge in [-0.25, -0.2) is 22.3 Å². The first-order valence-electron chi connectivity index (χ1n) is 5.59. The average Bonchev–Trinajstić information content (AvgIpc) is 2.83. The van der Waals surface area contributed by atoms with Crippen molar-refractivity contribution in [2.45, 2.75) is 18.6 Å². The molecule has 108 valence electrons. The molecule has 1 heterocycles. The van der Waals surface area contributed by atoms with E-state index >= 15 is 0 Å². The summed E-state index contributed by atoms with van der Waals surface area (Å²) in [4.78, 5) is 0. The first-order valence-corrected chi connectivity index (χ1v) is 7.13. The van der Waals surface area contributed by atoms with E-state index in [1.54, 1.807) is 0 Å². The fourth-order valence-corrected chi connectivity index (χ4v) is 2.08. The van der Waals surface area contributed by atoms with Gasteiger partial charge in [0.25, 0.3) is 10.0 Å². The number of nitrogens with one attached hydrogen (secondary N) is 1. The second-order valence-corrected chi connectivity index (χ2v) is 5.66. The predicted molar refractivity (Wildman–Crippen MR) is 68.5 cm³/mol. The fourth-order valence-electron chi connectivity index (χ4n) is 1.60. The molecule has 0 unspecified atom stereocenters. The Labute approximate surface area is 114 Å². The minimum atomic E-state index is -3.93. The van der Waals surface area contributed by atoms with E-state index in [1.165, 1.54) is 25.1 Å². The van der Waals surface area contributed by atoms with Crippen molar-refractivity contribution in [1.29, 1.82) is 0 Å². The molecule has 0 amide bonds. The quantitative estimate of drug-likeness (QED) is 0.906. The molecule has 2 aromatic rings. The molecule has 1 aromatic carbocycles. The summed E-state index contributed by atoms with van der Waals surface area (Å²) >= 11 is 0. The van der Waals surface area contributed by atoms with Gasteiger partial charge in [0.1, 0.15) is 17.3 Å². The molecule has 20 heavy (non-hydrogen) atoms. The molecule has 8 heteroatoms. The molecule has 0 saturated carbocycles. The highest BCUT2D eigenvalue weighted by Gasteiger charge is 2.15. The molecule has 1 aromatic heterocycles. The van der Waals surface area contributed by atoms with Crippen LogP contribution in [0.5, 0.6) is 0 Å². The van der Waals surface area contributed by atoms with Gasteiger partial charge in [0.15, 0.2) is 5.82 Å². The molecule has 0 radical (unpaired) electrons. The average molecular weight is 302 g/mol. The molecule has 0 aliphatic rings. The molecule has 5 nitrogen and oxygen atoms in total. The topological polar surface area (TPSA) is 85.3 Å². The van der Waals surface area contributed by atoms with Crippen molar-refractivity contribution in [3.63, 3.8) is 0 Å². The van der Waals surface area contributed by atoms with Crippen LogP contribution in [0.3, 0.4) is 0 Å². The Bertz CT molecular complexity index is 741. The minimum absolute atomic E-state index is 0.0766. The van der Waals surface area contributed by atoms with Crippen LogP contribution in [-0.2, 0) is 16.6 Å². The molecule has 2 rings (SSSR count). The Kier molecular flexibility index (Phi) is 3.78. The number of benzene rings is 1. The van der Waals surface area contributed by atoms with Crippen LogP contribution in [-0.4, -0.2) is 8.42 Å². The van der Waals surface area contributed by atoms with E-state index in [0.29, 0.717) is 5.56 Å². The van der Waals surface area contributed by atoms with Gasteiger partial charge in [0, 0.05) is 0 Å². The third-order valence-corrected chi connectivity index (χ3v) is 3.42. The smallest absolute Gasteiger partial charge is 0.271 e. The van der Waals surface area contributed by atoms with Gasteiger partial charge in [-0.1, -0.05) is 6.07 Å². The van der Waals surface area contributed by atoms with Gasteiger partial charge in [-0.15, -0.1) is 0 Å². The maximum atomic E-state index is 13.7. The van der Waals surface area contributed by atoms with E-state index < -0.39 is 26.8 Å². The first-order chi connectivity index (χ1) is 9.29. The molecule has 0 aliphatic heterocycles.